The molecule has 0 aliphatic heterocycles. The maximum atomic E-state index is 8.47. The average molecular weight is 230 g/mol. The number of aryl methyl sites for hydroxylation is 3. The van der Waals surface area contributed by atoms with Crippen LogP contribution in [0.15, 0.2) is 24.2 Å². The van der Waals surface area contributed by atoms with Gasteiger partial charge < -0.3 is 0 Å². The highest BCUT2D eigenvalue weighted by Crippen LogP contribution is 2.34. The van der Waals surface area contributed by atoms with Crippen LogP contribution in [-0.4, -0.2) is 0 Å². The lowest BCUT2D eigenvalue weighted by Crippen LogP contribution is -2.14. The van der Waals surface area contributed by atoms with Crippen molar-refractivity contribution in [2.75, 3.05) is 0 Å². The van der Waals surface area contributed by atoms with Crippen molar-refractivity contribution in [1.82, 2.24) is 0 Å². The Morgan fingerprint density at radius 1 is 1.00 bits per heavy atom. The summed E-state index contributed by atoms with van der Waals surface area (Å²) in [4.78, 5) is 0. The van der Waals surface area contributed by atoms with Crippen LogP contribution in [0.4, 0.5) is 0 Å². The fourth-order valence-electron chi connectivity index (χ4n) is 2.47. The number of fused-ring (bicyclic) bond motifs is 1. The summed E-state index contributed by atoms with van der Waals surface area (Å²) < 4.78 is 32.7. The lowest BCUT2D eigenvalue weighted by Gasteiger charge is -2.24. The molecule has 0 heterocycles. The summed E-state index contributed by atoms with van der Waals surface area (Å²) in [5.74, 6) is 0. The molecule has 0 amide bonds. The molecule has 0 atom stereocenters. The van der Waals surface area contributed by atoms with Gasteiger partial charge in [0.1, 0.15) is 0 Å². The largest absolute Gasteiger partial charge is 0.0629 e. The molecule has 0 fully saturated rings. The molecule has 0 nitrogen and oxygen atoms in total. The van der Waals surface area contributed by atoms with Crippen molar-refractivity contribution in [2.24, 2.45) is 0 Å². The van der Waals surface area contributed by atoms with Crippen LogP contribution in [0.3, 0.4) is 0 Å². The molecule has 0 aliphatic rings. The molecule has 0 bridgehead atoms. The predicted octanol–water partition coefficient (Wildman–Crippen LogP) is 5.06. The quantitative estimate of drug-likeness (QED) is 0.593. The monoisotopic (exact) mass is 230 g/mol. The smallest absolute Gasteiger partial charge is 0.0614 e. The molecule has 0 spiro atoms. The van der Waals surface area contributed by atoms with E-state index in [4.69, 9.17) is 5.48 Å². The molecule has 2 aromatic carbocycles. The minimum Gasteiger partial charge on any atom is -0.0614 e. The first-order chi connectivity index (χ1) is 9.50. The summed E-state index contributed by atoms with van der Waals surface area (Å²) in [5.41, 5.74) is 3.23. The molecule has 0 radical (unpaired) electrons. The van der Waals surface area contributed by atoms with E-state index in [0.717, 1.165) is 27.6 Å². The highest BCUT2D eigenvalue weighted by molar-refractivity contribution is 5.92. The first-order valence-electron chi connectivity index (χ1n) is 8.00. The van der Waals surface area contributed by atoms with Gasteiger partial charge >= 0.3 is 0 Å². The lowest BCUT2D eigenvalue weighted by molar-refractivity contribution is 0.586. The Morgan fingerprint density at radius 2 is 1.65 bits per heavy atom. The van der Waals surface area contributed by atoms with Gasteiger partial charge in [-0.2, -0.15) is 0 Å². The fraction of sp³-hybridized carbons (Fsp3) is 0.412. The van der Waals surface area contributed by atoms with Gasteiger partial charge in [-0.15, -0.1) is 0 Å². The van der Waals surface area contributed by atoms with E-state index in [1.807, 2.05) is 20.8 Å². The first kappa shape index (κ1) is 7.92. The Morgan fingerprint density at radius 3 is 2.24 bits per heavy atom. The molecule has 0 heteroatoms. The van der Waals surface area contributed by atoms with E-state index in [2.05, 4.69) is 20.8 Å². The molecule has 2 aromatic rings. The third-order valence-corrected chi connectivity index (χ3v) is 3.25. The zero-order valence-corrected chi connectivity index (χ0v) is 11.5. The Kier molecular flexibility index (Phi) is 1.80. The molecule has 0 aliphatic carbocycles. The van der Waals surface area contributed by atoms with Crippen LogP contribution >= 0.6 is 0 Å². The Hall–Kier alpha value is -1.30. The maximum absolute atomic E-state index is 8.47. The highest BCUT2D eigenvalue weighted by Gasteiger charge is 2.19. The van der Waals surface area contributed by atoms with Crippen LogP contribution < -0.4 is 0 Å². The third kappa shape index (κ3) is 1.97. The summed E-state index contributed by atoms with van der Waals surface area (Å²) in [6, 6.07) is 0.589. The SMILES string of the molecule is [2H]c1c([2H])c(C)c2c(C)c(C(C)(C)C)c([2H])c(C)c2c1[2H]. The van der Waals surface area contributed by atoms with Gasteiger partial charge in [-0.05, 0) is 59.2 Å². The molecule has 17 heavy (non-hydrogen) atoms. The second-order valence-electron chi connectivity index (χ2n) is 5.75. The van der Waals surface area contributed by atoms with Crippen molar-refractivity contribution < 1.29 is 5.48 Å². The standard InChI is InChI=1S/C17H22/c1-11-8-7-9-14-12(2)10-15(17(4,5)6)13(3)16(11)14/h7-10H,1-6H3/i7D,8D,9D,10D. The zero-order chi connectivity index (χ0) is 16.3. The number of benzene rings is 2. The third-order valence-electron chi connectivity index (χ3n) is 3.25. The van der Waals surface area contributed by atoms with E-state index in [0.29, 0.717) is 11.4 Å². The van der Waals surface area contributed by atoms with Gasteiger partial charge in [0.2, 0.25) is 0 Å². The minimum atomic E-state index is -0.170. The van der Waals surface area contributed by atoms with E-state index in [1.165, 1.54) is 0 Å². The van der Waals surface area contributed by atoms with Gasteiger partial charge in [0.15, 0.2) is 0 Å². The number of hydrogen-bond acceptors (Lipinski definition) is 0. The zero-order valence-electron chi connectivity index (χ0n) is 15.5. The van der Waals surface area contributed by atoms with E-state index in [-0.39, 0.29) is 23.5 Å². The van der Waals surface area contributed by atoms with Gasteiger partial charge in [-0.3, -0.25) is 0 Å². The van der Waals surface area contributed by atoms with Crippen molar-refractivity contribution in [1.29, 1.82) is 0 Å². The van der Waals surface area contributed by atoms with Crippen LogP contribution in [0.2, 0.25) is 0 Å². The normalized spacial score (nSPS) is 15.4. The van der Waals surface area contributed by atoms with Gasteiger partial charge in [0.05, 0.1) is 5.48 Å². The van der Waals surface area contributed by atoms with Crippen molar-refractivity contribution in [3.8, 4) is 0 Å². The van der Waals surface area contributed by atoms with Crippen LogP contribution in [0, 0.1) is 20.8 Å². The number of rotatable bonds is 0. The van der Waals surface area contributed by atoms with Crippen molar-refractivity contribution in [3.05, 3.63) is 46.4 Å². The predicted molar refractivity (Wildman–Crippen MR) is 76.9 cm³/mol. The molecule has 90 valence electrons. The molecule has 0 N–H and O–H groups in total. The van der Waals surface area contributed by atoms with E-state index in [9.17, 15) is 0 Å². The van der Waals surface area contributed by atoms with Gasteiger partial charge in [-0.1, -0.05) is 44.9 Å². The van der Waals surface area contributed by atoms with E-state index in [1.54, 1.807) is 0 Å². The van der Waals surface area contributed by atoms with Crippen LogP contribution in [-0.2, 0) is 5.41 Å². The highest BCUT2D eigenvalue weighted by atomic mass is 14.2. The molecular weight excluding hydrogens is 204 g/mol. The van der Waals surface area contributed by atoms with Crippen molar-refractivity contribution >= 4 is 10.8 Å². The molecule has 0 saturated heterocycles. The van der Waals surface area contributed by atoms with Crippen molar-refractivity contribution in [3.63, 3.8) is 0 Å². The molecular formula is C17H22. The summed E-state index contributed by atoms with van der Waals surface area (Å²) in [5, 5.41) is 1.53. The topological polar surface area (TPSA) is 0 Å². The minimum absolute atomic E-state index is 0.0505. The second kappa shape index (κ2) is 3.87. The Labute approximate surface area is 110 Å². The average Bonchev–Trinajstić information content (AvgIpc) is 2.36. The first-order valence-corrected chi connectivity index (χ1v) is 6.00. The summed E-state index contributed by atoms with van der Waals surface area (Å²) in [6.07, 6.45) is 0. The lowest BCUT2D eigenvalue weighted by atomic mass is 9.80. The molecule has 0 unspecified atom stereocenters. The summed E-state index contributed by atoms with van der Waals surface area (Å²) in [7, 11) is 0. The molecule has 0 aromatic heterocycles. The van der Waals surface area contributed by atoms with E-state index >= 15 is 0 Å². The van der Waals surface area contributed by atoms with Gasteiger partial charge in [0.25, 0.3) is 0 Å². The fourth-order valence-corrected chi connectivity index (χ4v) is 2.47. The van der Waals surface area contributed by atoms with E-state index < -0.39 is 0 Å². The Bertz CT molecular complexity index is 752. The van der Waals surface area contributed by atoms with Gasteiger partial charge in [0, 0.05) is 0 Å². The summed E-state index contributed by atoms with van der Waals surface area (Å²) in [6.45, 7) is 11.9. The van der Waals surface area contributed by atoms with Crippen LogP contribution in [0.25, 0.3) is 10.8 Å². The van der Waals surface area contributed by atoms with Crippen LogP contribution in [0.1, 0.15) is 48.5 Å². The maximum Gasteiger partial charge on any atom is 0.0629 e. The van der Waals surface area contributed by atoms with Crippen molar-refractivity contribution in [2.45, 2.75) is 47.0 Å². The Balaban J connectivity index is 3.19. The molecule has 2 rings (SSSR count). The molecule has 0 saturated carbocycles. The summed E-state index contributed by atoms with van der Waals surface area (Å²) >= 11 is 0. The van der Waals surface area contributed by atoms with Crippen LogP contribution in [0.5, 0.6) is 0 Å². The second-order valence-corrected chi connectivity index (χ2v) is 5.75. The van der Waals surface area contributed by atoms with Gasteiger partial charge in [-0.25, -0.2) is 0 Å². The number of hydrogen-bond donors (Lipinski definition) is 0.